The molecular formula is C18H18N2O4. The molecule has 0 unspecified atom stereocenters. The Morgan fingerprint density at radius 1 is 1.12 bits per heavy atom. The third-order valence-corrected chi connectivity index (χ3v) is 3.59. The van der Waals surface area contributed by atoms with Gasteiger partial charge in [0.1, 0.15) is 5.52 Å². The fourth-order valence-electron chi connectivity index (χ4n) is 2.41. The molecule has 1 amide bonds. The molecule has 124 valence electrons. The molecule has 6 heteroatoms. The summed E-state index contributed by atoms with van der Waals surface area (Å²) in [5.74, 6) is 1.59. The maximum Gasteiger partial charge on any atom is 0.224 e. The normalized spacial score (nSPS) is 10.6. The number of carbonyl (C=O) groups excluding carboxylic acids is 1. The molecule has 0 atom stereocenters. The van der Waals surface area contributed by atoms with Crippen LogP contribution < -0.4 is 14.8 Å². The quantitative estimate of drug-likeness (QED) is 0.754. The lowest BCUT2D eigenvalue weighted by atomic mass is 10.1. The Hall–Kier alpha value is -3.02. The van der Waals surface area contributed by atoms with Gasteiger partial charge in [-0.25, -0.2) is 4.98 Å². The first-order chi connectivity index (χ1) is 11.7. The molecule has 0 saturated heterocycles. The number of hydrogen-bond acceptors (Lipinski definition) is 5. The van der Waals surface area contributed by atoms with Crippen LogP contribution in [0, 0.1) is 0 Å². The van der Waals surface area contributed by atoms with Crippen molar-refractivity contribution in [2.45, 2.75) is 13.0 Å². The Balaban J connectivity index is 1.61. The fourth-order valence-corrected chi connectivity index (χ4v) is 2.41. The van der Waals surface area contributed by atoms with Crippen LogP contribution in [-0.2, 0) is 17.8 Å². The number of nitrogens with zero attached hydrogens (tertiary/aromatic N) is 1. The van der Waals surface area contributed by atoms with Crippen molar-refractivity contribution in [3.8, 4) is 11.5 Å². The number of para-hydroxylation sites is 2. The van der Waals surface area contributed by atoms with E-state index in [9.17, 15) is 4.79 Å². The number of oxazole rings is 1. The van der Waals surface area contributed by atoms with Crippen LogP contribution in [0.2, 0.25) is 0 Å². The summed E-state index contributed by atoms with van der Waals surface area (Å²) in [6.07, 6.45) is 0.237. The number of methoxy groups -OCH3 is 2. The molecule has 24 heavy (non-hydrogen) atoms. The molecule has 0 radical (unpaired) electrons. The zero-order valence-electron chi connectivity index (χ0n) is 13.5. The van der Waals surface area contributed by atoms with Crippen LogP contribution in [0.3, 0.4) is 0 Å². The van der Waals surface area contributed by atoms with E-state index in [1.807, 2.05) is 30.3 Å². The molecule has 0 aliphatic carbocycles. The van der Waals surface area contributed by atoms with Crippen LogP contribution in [0.5, 0.6) is 11.5 Å². The Morgan fingerprint density at radius 3 is 2.67 bits per heavy atom. The Kier molecular flexibility index (Phi) is 4.65. The van der Waals surface area contributed by atoms with Crippen molar-refractivity contribution in [1.82, 2.24) is 10.3 Å². The maximum absolute atomic E-state index is 12.1. The molecule has 0 aliphatic heterocycles. The van der Waals surface area contributed by atoms with Gasteiger partial charge in [-0.2, -0.15) is 0 Å². The van der Waals surface area contributed by atoms with Gasteiger partial charge in [0.15, 0.2) is 17.1 Å². The highest BCUT2D eigenvalue weighted by molar-refractivity contribution is 5.79. The molecule has 3 aromatic rings. The summed E-state index contributed by atoms with van der Waals surface area (Å²) >= 11 is 0. The minimum absolute atomic E-state index is 0.121. The van der Waals surface area contributed by atoms with Crippen molar-refractivity contribution in [3.63, 3.8) is 0 Å². The molecule has 0 spiro atoms. The van der Waals surface area contributed by atoms with Gasteiger partial charge in [0.25, 0.3) is 0 Å². The number of hydrogen-bond donors (Lipinski definition) is 1. The molecular weight excluding hydrogens is 308 g/mol. The smallest absolute Gasteiger partial charge is 0.224 e. The van der Waals surface area contributed by atoms with E-state index in [1.165, 1.54) is 0 Å². The predicted octanol–water partition coefficient (Wildman–Crippen LogP) is 2.70. The number of aromatic nitrogens is 1. The lowest BCUT2D eigenvalue weighted by molar-refractivity contribution is -0.120. The Bertz CT molecular complexity index is 824. The summed E-state index contributed by atoms with van der Waals surface area (Å²) in [5, 5.41) is 2.81. The largest absolute Gasteiger partial charge is 0.493 e. The van der Waals surface area contributed by atoms with Crippen LogP contribution in [0.1, 0.15) is 11.5 Å². The van der Waals surface area contributed by atoms with Gasteiger partial charge in [0.2, 0.25) is 11.8 Å². The molecule has 1 heterocycles. The second-order valence-corrected chi connectivity index (χ2v) is 5.22. The maximum atomic E-state index is 12.1. The summed E-state index contributed by atoms with van der Waals surface area (Å²) in [4.78, 5) is 16.4. The molecule has 0 fully saturated rings. The molecule has 1 N–H and O–H groups in total. The first-order valence-corrected chi connectivity index (χ1v) is 7.51. The van der Waals surface area contributed by atoms with Gasteiger partial charge in [0, 0.05) is 0 Å². The van der Waals surface area contributed by atoms with Crippen LogP contribution in [0.4, 0.5) is 0 Å². The second kappa shape index (κ2) is 7.04. The minimum atomic E-state index is -0.121. The molecule has 0 saturated carbocycles. The molecule has 2 aromatic carbocycles. The molecule has 0 aliphatic rings. The van der Waals surface area contributed by atoms with Gasteiger partial charge in [-0.3, -0.25) is 4.79 Å². The summed E-state index contributed by atoms with van der Waals surface area (Å²) in [7, 11) is 3.14. The third kappa shape index (κ3) is 3.48. The van der Waals surface area contributed by atoms with E-state index < -0.39 is 0 Å². The first kappa shape index (κ1) is 15.9. The summed E-state index contributed by atoms with van der Waals surface area (Å²) in [5.41, 5.74) is 2.32. The Labute approximate surface area is 139 Å². The first-order valence-electron chi connectivity index (χ1n) is 7.51. The standard InChI is InChI=1S/C18H18N2O4/c1-22-15-8-7-12(9-16(15)23-2)10-17(21)19-11-18-20-13-5-3-4-6-14(13)24-18/h3-9H,10-11H2,1-2H3,(H,19,21). The van der Waals surface area contributed by atoms with Gasteiger partial charge in [-0.1, -0.05) is 18.2 Å². The summed E-state index contributed by atoms with van der Waals surface area (Å²) in [6, 6.07) is 12.9. The number of rotatable bonds is 6. The van der Waals surface area contributed by atoms with Gasteiger partial charge >= 0.3 is 0 Å². The fraction of sp³-hybridized carbons (Fsp3) is 0.222. The van der Waals surface area contributed by atoms with Crippen molar-refractivity contribution >= 4 is 17.0 Å². The lowest BCUT2D eigenvalue weighted by Gasteiger charge is -2.09. The molecule has 0 bridgehead atoms. The number of carbonyl (C=O) groups is 1. The van der Waals surface area contributed by atoms with Crippen molar-refractivity contribution in [2.24, 2.45) is 0 Å². The van der Waals surface area contributed by atoms with Crippen molar-refractivity contribution in [1.29, 1.82) is 0 Å². The average molecular weight is 326 g/mol. The highest BCUT2D eigenvalue weighted by Gasteiger charge is 2.10. The zero-order chi connectivity index (χ0) is 16.9. The predicted molar refractivity (Wildman–Crippen MR) is 89.1 cm³/mol. The minimum Gasteiger partial charge on any atom is -0.493 e. The number of amides is 1. The van der Waals surface area contributed by atoms with Gasteiger partial charge in [0.05, 0.1) is 27.2 Å². The number of fused-ring (bicyclic) bond motifs is 1. The molecule has 1 aromatic heterocycles. The number of ether oxygens (including phenoxy) is 2. The van der Waals surface area contributed by atoms with Gasteiger partial charge in [-0.05, 0) is 29.8 Å². The lowest BCUT2D eigenvalue weighted by Crippen LogP contribution is -2.24. The van der Waals surface area contributed by atoms with Crippen LogP contribution in [-0.4, -0.2) is 25.1 Å². The van der Waals surface area contributed by atoms with Crippen LogP contribution >= 0.6 is 0 Å². The molecule has 3 rings (SSSR count). The van der Waals surface area contributed by atoms with Gasteiger partial charge in [-0.15, -0.1) is 0 Å². The number of nitrogens with one attached hydrogen (secondary N) is 1. The SMILES string of the molecule is COc1ccc(CC(=O)NCc2nc3ccccc3o2)cc1OC. The van der Waals surface area contributed by atoms with Gasteiger partial charge < -0.3 is 19.2 Å². The summed E-state index contributed by atoms with van der Waals surface area (Å²) < 4.78 is 16.0. The highest BCUT2D eigenvalue weighted by Crippen LogP contribution is 2.27. The van der Waals surface area contributed by atoms with Crippen LogP contribution in [0.15, 0.2) is 46.9 Å². The van der Waals surface area contributed by atoms with Crippen molar-refractivity contribution in [3.05, 3.63) is 53.9 Å². The zero-order valence-corrected chi connectivity index (χ0v) is 13.5. The second-order valence-electron chi connectivity index (χ2n) is 5.22. The third-order valence-electron chi connectivity index (χ3n) is 3.59. The van der Waals surface area contributed by atoms with E-state index in [-0.39, 0.29) is 18.9 Å². The van der Waals surface area contributed by atoms with Crippen LogP contribution in [0.25, 0.3) is 11.1 Å². The average Bonchev–Trinajstić information content (AvgIpc) is 3.03. The van der Waals surface area contributed by atoms with E-state index in [4.69, 9.17) is 13.9 Å². The van der Waals surface area contributed by atoms with E-state index in [1.54, 1.807) is 26.4 Å². The Morgan fingerprint density at radius 2 is 1.92 bits per heavy atom. The monoisotopic (exact) mass is 326 g/mol. The van der Waals surface area contributed by atoms with Crippen molar-refractivity contribution in [2.75, 3.05) is 14.2 Å². The highest BCUT2D eigenvalue weighted by atomic mass is 16.5. The topological polar surface area (TPSA) is 73.6 Å². The number of benzene rings is 2. The van der Waals surface area contributed by atoms with E-state index in [0.29, 0.717) is 23.0 Å². The molecule has 6 nitrogen and oxygen atoms in total. The van der Waals surface area contributed by atoms with E-state index in [0.717, 1.165) is 11.1 Å². The summed E-state index contributed by atoms with van der Waals surface area (Å²) in [6.45, 7) is 0.251. The van der Waals surface area contributed by atoms with Crippen molar-refractivity contribution < 1.29 is 18.7 Å². The van der Waals surface area contributed by atoms with E-state index in [2.05, 4.69) is 10.3 Å². The van der Waals surface area contributed by atoms with E-state index >= 15 is 0 Å².